The molecule has 3 rings (SSSR count). The zero-order valence-electron chi connectivity index (χ0n) is 18.1. The second kappa shape index (κ2) is 8.57. The Bertz CT molecular complexity index is 963. The molecule has 30 heavy (non-hydrogen) atoms. The van der Waals surface area contributed by atoms with Crippen molar-refractivity contribution in [1.29, 1.82) is 0 Å². The predicted octanol–water partition coefficient (Wildman–Crippen LogP) is 4.58. The summed E-state index contributed by atoms with van der Waals surface area (Å²) >= 11 is 0. The zero-order valence-corrected chi connectivity index (χ0v) is 18.1. The summed E-state index contributed by atoms with van der Waals surface area (Å²) in [5.41, 5.74) is 7.98. The van der Waals surface area contributed by atoms with Crippen LogP contribution in [0, 0.1) is 0 Å². The molecule has 0 saturated carbocycles. The number of carbonyl (C=O) groups is 1. The lowest BCUT2D eigenvalue weighted by molar-refractivity contribution is 0.0216. The molecule has 0 fully saturated rings. The number of carbonyl (C=O) groups excluding carboxylic acids is 1. The molecule has 0 saturated heterocycles. The second-order valence-corrected chi connectivity index (χ2v) is 8.22. The summed E-state index contributed by atoms with van der Waals surface area (Å²) in [7, 11) is 1.62. The first kappa shape index (κ1) is 21.4. The van der Waals surface area contributed by atoms with E-state index in [0.29, 0.717) is 30.4 Å². The monoisotopic (exact) mass is 411 g/mol. The van der Waals surface area contributed by atoms with Crippen LogP contribution in [0.4, 0.5) is 10.5 Å². The molecule has 1 amide bonds. The van der Waals surface area contributed by atoms with Crippen LogP contribution >= 0.6 is 0 Å². The molecule has 0 radical (unpaired) electrons. The summed E-state index contributed by atoms with van der Waals surface area (Å²) in [5, 5.41) is 3.14. The van der Waals surface area contributed by atoms with Gasteiger partial charge in [0, 0.05) is 13.1 Å². The van der Waals surface area contributed by atoms with Gasteiger partial charge in [-0.25, -0.2) is 4.79 Å². The largest absolute Gasteiger partial charge is 0.497 e. The summed E-state index contributed by atoms with van der Waals surface area (Å²) < 4.78 is 16.6. The lowest BCUT2D eigenvalue weighted by atomic mass is 10.1. The normalized spacial score (nSPS) is 13.1. The zero-order chi connectivity index (χ0) is 21.9. The second-order valence-electron chi connectivity index (χ2n) is 8.22. The fourth-order valence-corrected chi connectivity index (χ4v) is 3.04. The van der Waals surface area contributed by atoms with Crippen molar-refractivity contribution in [3.05, 3.63) is 65.2 Å². The summed E-state index contributed by atoms with van der Waals surface area (Å²) in [4.78, 5) is 14.6. The summed E-state index contributed by atoms with van der Waals surface area (Å²) in [5.74, 6) is 2.54. The highest BCUT2D eigenvalue weighted by atomic mass is 16.6. The van der Waals surface area contributed by atoms with Crippen LogP contribution in [-0.2, 0) is 17.8 Å². The highest BCUT2D eigenvalue weighted by Crippen LogP contribution is 2.32. The van der Waals surface area contributed by atoms with Crippen molar-refractivity contribution in [1.82, 2.24) is 4.90 Å². The molecule has 2 aromatic carbocycles. The van der Waals surface area contributed by atoms with Gasteiger partial charge in [0.1, 0.15) is 22.9 Å². The number of rotatable bonds is 5. The number of nitrogens with one attached hydrogen (secondary N) is 1. The number of nitrogens with zero attached hydrogens (tertiary/aromatic N) is 1. The number of allylic oxidation sites excluding steroid dienone is 1. The third-order valence-corrected chi connectivity index (χ3v) is 4.49. The van der Waals surface area contributed by atoms with Gasteiger partial charge in [-0.15, -0.1) is 0 Å². The van der Waals surface area contributed by atoms with E-state index in [-0.39, 0.29) is 6.09 Å². The molecule has 1 aliphatic heterocycles. The average molecular weight is 412 g/mol. The molecule has 3 N–H and O–H groups in total. The van der Waals surface area contributed by atoms with Crippen LogP contribution in [0.2, 0.25) is 0 Å². The van der Waals surface area contributed by atoms with Crippen LogP contribution in [0.3, 0.4) is 0 Å². The van der Waals surface area contributed by atoms with Gasteiger partial charge in [-0.1, -0.05) is 18.2 Å². The van der Waals surface area contributed by atoms with Crippen molar-refractivity contribution < 1.29 is 19.0 Å². The van der Waals surface area contributed by atoms with Crippen molar-refractivity contribution in [2.45, 2.75) is 46.4 Å². The Hall–Kier alpha value is -3.35. The molecular weight excluding hydrogens is 382 g/mol. The smallest absolute Gasteiger partial charge is 0.410 e. The van der Waals surface area contributed by atoms with Gasteiger partial charge >= 0.3 is 6.09 Å². The minimum absolute atomic E-state index is 0.365. The summed E-state index contributed by atoms with van der Waals surface area (Å²) in [6, 6.07) is 13.4. The maximum absolute atomic E-state index is 12.9. The molecule has 1 heterocycles. The topological polar surface area (TPSA) is 86.0 Å². The fourth-order valence-electron chi connectivity index (χ4n) is 3.04. The fraction of sp³-hybridized carbons (Fsp3) is 0.348. The predicted molar refractivity (Wildman–Crippen MR) is 116 cm³/mol. The van der Waals surface area contributed by atoms with E-state index < -0.39 is 5.60 Å². The highest BCUT2D eigenvalue weighted by Gasteiger charge is 2.23. The highest BCUT2D eigenvalue weighted by molar-refractivity contribution is 5.69. The van der Waals surface area contributed by atoms with Gasteiger partial charge in [0.2, 0.25) is 0 Å². The molecule has 7 heteroatoms. The van der Waals surface area contributed by atoms with Crippen LogP contribution in [0.15, 0.2) is 54.0 Å². The number of hydrogen-bond donors (Lipinski definition) is 2. The van der Waals surface area contributed by atoms with Crippen molar-refractivity contribution in [2.24, 2.45) is 5.73 Å². The van der Waals surface area contributed by atoms with E-state index in [9.17, 15) is 4.79 Å². The van der Waals surface area contributed by atoms with E-state index in [1.54, 1.807) is 18.9 Å². The third kappa shape index (κ3) is 5.37. The summed E-state index contributed by atoms with van der Waals surface area (Å²) in [6.45, 7) is 8.11. The van der Waals surface area contributed by atoms with Gasteiger partial charge in [0.05, 0.1) is 12.8 Å². The van der Waals surface area contributed by atoms with Crippen LogP contribution in [0.25, 0.3) is 0 Å². The van der Waals surface area contributed by atoms with Gasteiger partial charge in [-0.2, -0.15) is 0 Å². The van der Waals surface area contributed by atoms with E-state index in [0.717, 1.165) is 22.6 Å². The quantitative estimate of drug-likeness (QED) is 0.749. The van der Waals surface area contributed by atoms with Crippen molar-refractivity contribution in [3.63, 3.8) is 0 Å². The molecule has 0 unspecified atom stereocenters. The van der Waals surface area contributed by atoms with E-state index in [2.05, 4.69) is 5.32 Å². The SMILES string of the molecule is COc1cccc(CN(Cc2ccc3c(c2)NC(N)=C(C)O3)C(=O)OC(C)(C)C)c1. The average Bonchev–Trinajstić information content (AvgIpc) is 2.67. The first-order chi connectivity index (χ1) is 14.1. The molecule has 1 aliphatic rings. The van der Waals surface area contributed by atoms with Gasteiger partial charge in [0.25, 0.3) is 0 Å². The maximum Gasteiger partial charge on any atom is 0.410 e. The number of anilines is 1. The Morgan fingerprint density at radius 1 is 1.13 bits per heavy atom. The molecule has 0 aromatic heterocycles. The Kier molecular flexibility index (Phi) is 6.10. The minimum atomic E-state index is -0.592. The maximum atomic E-state index is 12.9. The van der Waals surface area contributed by atoms with Gasteiger partial charge in [-0.3, -0.25) is 4.90 Å². The number of amides is 1. The van der Waals surface area contributed by atoms with Crippen molar-refractivity contribution in [3.8, 4) is 11.5 Å². The number of fused-ring (bicyclic) bond motifs is 1. The number of nitrogens with two attached hydrogens (primary N) is 1. The van der Waals surface area contributed by atoms with E-state index in [4.69, 9.17) is 19.9 Å². The third-order valence-electron chi connectivity index (χ3n) is 4.49. The van der Waals surface area contributed by atoms with Crippen molar-refractivity contribution >= 4 is 11.8 Å². The van der Waals surface area contributed by atoms with E-state index in [1.165, 1.54) is 0 Å². The van der Waals surface area contributed by atoms with Gasteiger partial charge < -0.3 is 25.3 Å². The lowest BCUT2D eigenvalue weighted by Crippen LogP contribution is -2.36. The molecule has 0 atom stereocenters. The summed E-state index contributed by atoms with van der Waals surface area (Å²) in [6.07, 6.45) is -0.387. The van der Waals surface area contributed by atoms with Gasteiger partial charge in [0.15, 0.2) is 5.75 Å². The van der Waals surface area contributed by atoms with Crippen LogP contribution in [0.1, 0.15) is 38.8 Å². The Morgan fingerprint density at radius 2 is 1.83 bits per heavy atom. The Morgan fingerprint density at radius 3 is 2.50 bits per heavy atom. The number of methoxy groups -OCH3 is 1. The van der Waals surface area contributed by atoms with Crippen LogP contribution in [-0.4, -0.2) is 23.7 Å². The van der Waals surface area contributed by atoms with Crippen LogP contribution < -0.4 is 20.5 Å². The Labute approximate surface area is 177 Å². The molecule has 2 aromatic rings. The number of benzene rings is 2. The number of ether oxygens (including phenoxy) is 3. The molecule has 160 valence electrons. The number of hydrogen-bond acceptors (Lipinski definition) is 6. The Balaban J connectivity index is 1.84. The lowest BCUT2D eigenvalue weighted by Gasteiger charge is -2.28. The molecule has 0 aliphatic carbocycles. The minimum Gasteiger partial charge on any atom is -0.497 e. The molecule has 0 bridgehead atoms. The first-order valence-corrected chi connectivity index (χ1v) is 9.79. The van der Waals surface area contributed by atoms with E-state index in [1.807, 2.05) is 63.2 Å². The van der Waals surface area contributed by atoms with Gasteiger partial charge in [-0.05, 0) is 63.1 Å². The molecular formula is C23H29N3O4. The molecule has 7 nitrogen and oxygen atoms in total. The van der Waals surface area contributed by atoms with Crippen LogP contribution in [0.5, 0.6) is 11.5 Å². The standard InChI is InChI=1S/C23H29N3O4/c1-15-21(24)25-19-12-17(9-10-20(19)29-15)14-26(22(27)30-23(2,3)4)13-16-7-6-8-18(11-16)28-5/h6-12,25H,13-14,24H2,1-5H3. The molecule has 0 spiro atoms. The van der Waals surface area contributed by atoms with Crippen molar-refractivity contribution in [2.75, 3.05) is 12.4 Å². The van der Waals surface area contributed by atoms with E-state index >= 15 is 0 Å². The first-order valence-electron chi connectivity index (χ1n) is 9.79.